The molecule has 3 heteroatoms. The molecule has 20 heavy (non-hydrogen) atoms. The lowest BCUT2D eigenvalue weighted by Crippen LogP contribution is -2.11. The third-order valence-electron chi connectivity index (χ3n) is 3.20. The zero-order valence-corrected chi connectivity index (χ0v) is 12.7. The van der Waals surface area contributed by atoms with Gasteiger partial charge < -0.3 is 5.73 Å². The summed E-state index contributed by atoms with van der Waals surface area (Å²) in [5.41, 5.74) is 8.63. The average molecular weight is 288 g/mol. The highest BCUT2D eigenvalue weighted by molar-refractivity contribution is 6.31. The van der Waals surface area contributed by atoms with Crippen molar-refractivity contribution in [1.29, 1.82) is 0 Å². The molecule has 2 N–H and O–H groups in total. The molecule has 0 radical (unpaired) electrons. The van der Waals surface area contributed by atoms with Gasteiger partial charge in [0.2, 0.25) is 0 Å². The molecule has 0 aliphatic carbocycles. The van der Waals surface area contributed by atoms with Gasteiger partial charge in [-0.2, -0.15) is 0 Å². The molecule has 0 aromatic heterocycles. The number of halogens is 1. The van der Waals surface area contributed by atoms with Crippen LogP contribution in [0.2, 0.25) is 5.02 Å². The van der Waals surface area contributed by atoms with Gasteiger partial charge in [0.05, 0.1) is 0 Å². The number of nitrogens with two attached hydrogens (primary N) is 1. The molecule has 0 saturated heterocycles. The predicted molar refractivity (Wildman–Crippen MR) is 84.4 cm³/mol. The molecule has 104 valence electrons. The minimum atomic E-state index is -0.0698. The Labute approximate surface area is 124 Å². The lowest BCUT2D eigenvalue weighted by atomic mass is 9.86. The van der Waals surface area contributed by atoms with E-state index in [0.717, 1.165) is 0 Å². The monoisotopic (exact) mass is 287 g/mol. The first kappa shape index (κ1) is 14.6. The van der Waals surface area contributed by atoms with Crippen molar-refractivity contribution < 1.29 is 4.79 Å². The van der Waals surface area contributed by atoms with Gasteiger partial charge in [-0.05, 0) is 29.2 Å². The smallest absolute Gasteiger partial charge is 0.193 e. The van der Waals surface area contributed by atoms with E-state index in [1.54, 1.807) is 18.2 Å². The average Bonchev–Trinajstić information content (AvgIpc) is 2.36. The summed E-state index contributed by atoms with van der Waals surface area (Å²) >= 11 is 5.93. The molecule has 0 saturated carbocycles. The molecule has 0 amide bonds. The molecular weight excluding hydrogens is 270 g/mol. The first-order valence-corrected chi connectivity index (χ1v) is 6.86. The summed E-state index contributed by atoms with van der Waals surface area (Å²) in [7, 11) is 0. The SMILES string of the molecule is CC(C)(C)c1ccc(C(=O)c2cc(N)cc(Cl)c2)cc1. The van der Waals surface area contributed by atoms with Gasteiger partial charge in [-0.1, -0.05) is 56.6 Å². The number of nitrogen functional groups attached to an aromatic ring is 1. The molecule has 2 rings (SSSR count). The van der Waals surface area contributed by atoms with Crippen LogP contribution in [0.4, 0.5) is 5.69 Å². The predicted octanol–water partition coefficient (Wildman–Crippen LogP) is 4.45. The normalized spacial score (nSPS) is 11.4. The highest BCUT2D eigenvalue weighted by Crippen LogP contribution is 2.24. The Morgan fingerprint density at radius 1 is 1.00 bits per heavy atom. The zero-order valence-electron chi connectivity index (χ0n) is 11.9. The minimum absolute atomic E-state index is 0.0698. The van der Waals surface area contributed by atoms with Crippen molar-refractivity contribution in [3.63, 3.8) is 0 Å². The number of carbonyl (C=O) groups is 1. The topological polar surface area (TPSA) is 43.1 Å². The molecule has 2 nitrogen and oxygen atoms in total. The Morgan fingerprint density at radius 3 is 2.10 bits per heavy atom. The minimum Gasteiger partial charge on any atom is -0.399 e. The van der Waals surface area contributed by atoms with E-state index in [4.69, 9.17) is 17.3 Å². The number of anilines is 1. The molecule has 0 aliphatic heterocycles. The number of hydrogen-bond acceptors (Lipinski definition) is 2. The van der Waals surface area contributed by atoms with Gasteiger partial charge in [-0.3, -0.25) is 4.79 Å². The number of hydrogen-bond donors (Lipinski definition) is 1. The van der Waals surface area contributed by atoms with Crippen molar-refractivity contribution in [2.75, 3.05) is 5.73 Å². The molecule has 0 heterocycles. The highest BCUT2D eigenvalue weighted by Gasteiger charge is 2.15. The summed E-state index contributed by atoms with van der Waals surface area (Å²) < 4.78 is 0. The second-order valence-corrected chi connectivity index (χ2v) is 6.37. The van der Waals surface area contributed by atoms with Crippen molar-refractivity contribution in [2.24, 2.45) is 0 Å². The first-order chi connectivity index (χ1) is 9.27. The van der Waals surface area contributed by atoms with E-state index < -0.39 is 0 Å². The zero-order chi connectivity index (χ0) is 14.9. The van der Waals surface area contributed by atoms with Crippen LogP contribution in [0.3, 0.4) is 0 Å². The Kier molecular flexibility index (Phi) is 3.87. The number of carbonyl (C=O) groups excluding carboxylic acids is 1. The van der Waals surface area contributed by atoms with E-state index in [1.165, 1.54) is 5.56 Å². The molecule has 0 fully saturated rings. The molecule has 0 bridgehead atoms. The summed E-state index contributed by atoms with van der Waals surface area (Å²) in [6.07, 6.45) is 0. The Morgan fingerprint density at radius 2 is 1.60 bits per heavy atom. The summed E-state index contributed by atoms with van der Waals surface area (Å²) in [5.74, 6) is -0.0698. The molecule has 2 aromatic carbocycles. The molecule has 2 aromatic rings. The lowest BCUT2D eigenvalue weighted by Gasteiger charge is -2.19. The fraction of sp³-hybridized carbons (Fsp3) is 0.235. The largest absolute Gasteiger partial charge is 0.399 e. The highest BCUT2D eigenvalue weighted by atomic mass is 35.5. The number of rotatable bonds is 2. The van der Waals surface area contributed by atoms with E-state index in [0.29, 0.717) is 21.8 Å². The molecule has 0 atom stereocenters. The lowest BCUT2D eigenvalue weighted by molar-refractivity contribution is 0.103. The van der Waals surface area contributed by atoms with Crippen molar-refractivity contribution in [3.05, 3.63) is 64.2 Å². The van der Waals surface area contributed by atoms with Gasteiger partial charge in [0.25, 0.3) is 0 Å². The first-order valence-electron chi connectivity index (χ1n) is 6.49. The number of ketones is 1. The van der Waals surface area contributed by atoms with Crippen LogP contribution < -0.4 is 5.73 Å². The summed E-state index contributed by atoms with van der Waals surface area (Å²) in [6, 6.07) is 12.6. The van der Waals surface area contributed by atoms with Crippen LogP contribution in [0.1, 0.15) is 42.3 Å². The van der Waals surface area contributed by atoms with Gasteiger partial charge in [-0.25, -0.2) is 0 Å². The van der Waals surface area contributed by atoms with E-state index >= 15 is 0 Å². The summed E-state index contributed by atoms with van der Waals surface area (Å²) in [5, 5.41) is 0.472. The van der Waals surface area contributed by atoms with Gasteiger partial charge in [0.15, 0.2) is 5.78 Å². The molecule has 0 unspecified atom stereocenters. The Bertz CT molecular complexity index is 619. The van der Waals surface area contributed by atoms with Crippen LogP contribution >= 0.6 is 11.6 Å². The van der Waals surface area contributed by atoms with Gasteiger partial charge >= 0.3 is 0 Å². The van der Waals surface area contributed by atoms with Gasteiger partial charge in [-0.15, -0.1) is 0 Å². The van der Waals surface area contributed by atoms with Crippen molar-refractivity contribution >= 4 is 23.1 Å². The molecular formula is C17H18ClNO. The van der Waals surface area contributed by atoms with Crippen molar-refractivity contribution in [1.82, 2.24) is 0 Å². The standard InChI is InChI=1S/C17H18ClNO/c1-17(2,3)13-6-4-11(5-7-13)16(20)12-8-14(18)10-15(19)9-12/h4-10H,19H2,1-3H3. The third kappa shape index (κ3) is 3.20. The quantitative estimate of drug-likeness (QED) is 0.655. The van der Waals surface area contributed by atoms with Crippen LogP contribution in [0.25, 0.3) is 0 Å². The number of benzene rings is 2. The van der Waals surface area contributed by atoms with E-state index in [-0.39, 0.29) is 11.2 Å². The van der Waals surface area contributed by atoms with E-state index in [2.05, 4.69) is 20.8 Å². The second-order valence-electron chi connectivity index (χ2n) is 5.93. The van der Waals surface area contributed by atoms with E-state index in [1.807, 2.05) is 24.3 Å². The van der Waals surface area contributed by atoms with Crippen LogP contribution in [-0.2, 0) is 5.41 Å². The van der Waals surface area contributed by atoms with Gasteiger partial charge in [0, 0.05) is 21.8 Å². The third-order valence-corrected chi connectivity index (χ3v) is 3.41. The summed E-state index contributed by atoms with van der Waals surface area (Å²) in [4.78, 5) is 12.4. The second kappa shape index (κ2) is 5.29. The molecule has 0 aliphatic rings. The maximum Gasteiger partial charge on any atom is 0.193 e. The van der Waals surface area contributed by atoms with Crippen molar-refractivity contribution in [3.8, 4) is 0 Å². The van der Waals surface area contributed by atoms with Crippen LogP contribution in [0.15, 0.2) is 42.5 Å². The maximum atomic E-state index is 12.4. The fourth-order valence-electron chi connectivity index (χ4n) is 2.03. The van der Waals surface area contributed by atoms with E-state index in [9.17, 15) is 4.79 Å². The maximum absolute atomic E-state index is 12.4. The summed E-state index contributed by atoms with van der Waals surface area (Å²) in [6.45, 7) is 6.42. The Balaban J connectivity index is 2.34. The van der Waals surface area contributed by atoms with Crippen LogP contribution in [0, 0.1) is 0 Å². The fourth-order valence-corrected chi connectivity index (χ4v) is 2.28. The molecule has 0 spiro atoms. The van der Waals surface area contributed by atoms with Crippen molar-refractivity contribution in [2.45, 2.75) is 26.2 Å². The van der Waals surface area contributed by atoms with Gasteiger partial charge in [0.1, 0.15) is 0 Å². The Hall–Kier alpha value is -1.80. The van der Waals surface area contributed by atoms with Crippen LogP contribution in [0.5, 0.6) is 0 Å². The van der Waals surface area contributed by atoms with Crippen LogP contribution in [-0.4, -0.2) is 5.78 Å².